The van der Waals surface area contributed by atoms with Crippen LogP contribution in [0.1, 0.15) is 62.3 Å². The molecule has 0 N–H and O–H groups in total. The highest BCUT2D eigenvalue weighted by molar-refractivity contribution is 8.00. The van der Waals surface area contributed by atoms with Gasteiger partial charge in [-0.25, -0.2) is 0 Å². The number of rotatable bonds is 0. The van der Waals surface area contributed by atoms with Crippen molar-refractivity contribution < 1.29 is 0 Å². The fourth-order valence-electron chi connectivity index (χ4n) is 2.76. The predicted octanol–water partition coefficient (Wildman–Crippen LogP) is 4.00. The van der Waals surface area contributed by atoms with Gasteiger partial charge in [-0.05, 0) is 62.3 Å². The standard InChI is InChI=1S/C12H27S/c1-10(2,3)13(11(4,5)6)12(7,8)9/h1-9H3/q+1. The zero-order valence-corrected chi connectivity index (χ0v) is 11.7. The second-order valence-corrected chi connectivity index (χ2v) is 10.9. The summed E-state index contributed by atoms with van der Waals surface area (Å²) in [5.74, 6) is 0. The van der Waals surface area contributed by atoms with Crippen LogP contribution in [-0.2, 0) is 10.9 Å². The quantitative estimate of drug-likeness (QED) is 0.522. The molecule has 0 nitrogen and oxygen atoms in total. The molecule has 0 unspecified atom stereocenters. The van der Waals surface area contributed by atoms with Gasteiger partial charge in [0, 0.05) is 10.9 Å². The minimum absolute atomic E-state index is 0.413. The lowest BCUT2D eigenvalue weighted by Crippen LogP contribution is -2.52. The molecule has 0 aromatic carbocycles. The third-order valence-electron chi connectivity index (χ3n) is 1.84. The van der Waals surface area contributed by atoms with Crippen LogP contribution in [0.25, 0.3) is 0 Å². The second kappa shape index (κ2) is 3.49. The number of hydrogen-bond donors (Lipinski definition) is 0. The summed E-state index contributed by atoms with van der Waals surface area (Å²) in [6, 6.07) is 0. The van der Waals surface area contributed by atoms with Gasteiger partial charge in [0.15, 0.2) is 0 Å². The summed E-state index contributed by atoms with van der Waals surface area (Å²) in [6.07, 6.45) is 0. The van der Waals surface area contributed by atoms with E-state index in [9.17, 15) is 0 Å². The van der Waals surface area contributed by atoms with Gasteiger partial charge >= 0.3 is 0 Å². The summed E-state index contributed by atoms with van der Waals surface area (Å²) in [7, 11) is 0.424. The Kier molecular flexibility index (Phi) is 3.58. The van der Waals surface area contributed by atoms with Gasteiger partial charge in [-0.2, -0.15) is 0 Å². The lowest BCUT2D eigenvalue weighted by Gasteiger charge is -2.39. The molecule has 0 saturated heterocycles. The summed E-state index contributed by atoms with van der Waals surface area (Å²) in [6.45, 7) is 21.3. The van der Waals surface area contributed by atoms with E-state index in [-0.39, 0.29) is 0 Å². The van der Waals surface area contributed by atoms with Crippen molar-refractivity contribution in [3.63, 3.8) is 0 Å². The lowest BCUT2D eigenvalue weighted by atomic mass is 10.2. The third-order valence-corrected chi connectivity index (χ3v) is 5.51. The highest BCUT2D eigenvalue weighted by Crippen LogP contribution is 2.39. The maximum Gasteiger partial charge on any atom is 0.120 e. The van der Waals surface area contributed by atoms with Crippen LogP contribution in [0, 0.1) is 0 Å². The van der Waals surface area contributed by atoms with E-state index in [4.69, 9.17) is 0 Å². The smallest absolute Gasteiger partial charge is 0.0146 e. The van der Waals surface area contributed by atoms with E-state index in [1.165, 1.54) is 0 Å². The molecule has 0 aliphatic rings. The largest absolute Gasteiger partial charge is 0.120 e. The summed E-state index contributed by atoms with van der Waals surface area (Å²) < 4.78 is 1.24. The van der Waals surface area contributed by atoms with E-state index >= 15 is 0 Å². The fourth-order valence-corrected chi connectivity index (χ4v) is 8.27. The summed E-state index contributed by atoms with van der Waals surface area (Å²) in [5, 5.41) is 0. The molecule has 13 heavy (non-hydrogen) atoms. The van der Waals surface area contributed by atoms with Crippen molar-refractivity contribution in [3.8, 4) is 0 Å². The predicted molar refractivity (Wildman–Crippen MR) is 66.6 cm³/mol. The Labute approximate surface area is 87.8 Å². The van der Waals surface area contributed by atoms with Crippen molar-refractivity contribution in [1.29, 1.82) is 0 Å². The van der Waals surface area contributed by atoms with Gasteiger partial charge in [-0.15, -0.1) is 0 Å². The average molecular weight is 203 g/mol. The van der Waals surface area contributed by atoms with E-state index in [0.29, 0.717) is 25.1 Å². The maximum absolute atomic E-state index is 2.37. The normalized spacial score (nSPS) is 15.2. The first-order valence-electron chi connectivity index (χ1n) is 5.11. The van der Waals surface area contributed by atoms with Crippen molar-refractivity contribution >= 4 is 10.9 Å². The van der Waals surface area contributed by atoms with E-state index in [2.05, 4.69) is 62.3 Å². The molecule has 0 aliphatic carbocycles. The van der Waals surface area contributed by atoms with Crippen molar-refractivity contribution in [2.24, 2.45) is 0 Å². The molecule has 0 amide bonds. The molecule has 0 aromatic rings. The molecule has 0 bridgehead atoms. The maximum atomic E-state index is 2.37. The summed E-state index contributed by atoms with van der Waals surface area (Å²) in [4.78, 5) is 0. The van der Waals surface area contributed by atoms with Crippen LogP contribution >= 0.6 is 0 Å². The van der Waals surface area contributed by atoms with Gasteiger partial charge < -0.3 is 0 Å². The van der Waals surface area contributed by atoms with Gasteiger partial charge in [0.2, 0.25) is 0 Å². The molecule has 0 aromatic heterocycles. The van der Waals surface area contributed by atoms with E-state index in [1.807, 2.05) is 0 Å². The molecule has 0 radical (unpaired) electrons. The van der Waals surface area contributed by atoms with Crippen molar-refractivity contribution in [2.75, 3.05) is 0 Å². The highest BCUT2D eigenvalue weighted by Gasteiger charge is 2.51. The van der Waals surface area contributed by atoms with Crippen LogP contribution in [0.3, 0.4) is 0 Å². The second-order valence-electron chi connectivity index (χ2n) is 6.64. The molecule has 0 aliphatic heterocycles. The molecular formula is C12H27S+. The Balaban J connectivity index is 5.02. The molecule has 0 spiro atoms. The molecular weight excluding hydrogens is 176 g/mol. The van der Waals surface area contributed by atoms with Gasteiger partial charge in [-0.1, -0.05) is 0 Å². The average Bonchev–Trinajstić information content (AvgIpc) is 1.44. The SMILES string of the molecule is CC(C)(C)[S+](C(C)(C)C)C(C)(C)C. The minimum atomic E-state index is 0.413. The molecule has 0 atom stereocenters. The zero-order valence-electron chi connectivity index (χ0n) is 10.9. The molecule has 80 valence electrons. The van der Waals surface area contributed by atoms with Gasteiger partial charge in [0.05, 0.1) is 0 Å². The minimum Gasteiger partial charge on any atom is -0.0146 e. The third kappa shape index (κ3) is 3.93. The Hall–Kier alpha value is 0.350. The topological polar surface area (TPSA) is 0 Å². The van der Waals surface area contributed by atoms with Crippen LogP contribution in [-0.4, -0.2) is 14.2 Å². The molecule has 0 saturated carbocycles. The van der Waals surface area contributed by atoms with E-state index in [1.54, 1.807) is 0 Å². The summed E-state index contributed by atoms with van der Waals surface area (Å²) >= 11 is 0. The first kappa shape index (κ1) is 13.4. The number of hydrogen-bond acceptors (Lipinski definition) is 0. The van der Waals surface area contributed by atoms with Crippen LogP contribution in [0.5, 0.6) is 0 Å². The Bertz CT molecular complexity index is 128. The Morgan fingerprint density at radius 1 is 0.462 bits per heavy atom. The van der Waals surface area contributed by atoms with Crippen LogP contribution in [0.2, 0.25) is 0 Å². The molecule has 1 heteroatoms. The molecule has 0 rings (SSSR count). The van der Waals surface area contributed by atoms with Gasteiger partial charge in [-0.3, -0.25) is 0 Å². The van der Waals surface area contributed by atoms with Crippen molar-refractivity contribution in [2.45, 2.75) is 76.6 Å². The fraction of sp³-hybridized carbons (Fsp3) is 1.00. The van der Waals surface area contributed by atoms with E-state index < -0.39 is 0 Å². The van der Waals surface area contributed by atoms with Crippen molar-refractivity contribution in [3.05, 3.63) is 0 Å². The highest BCUT2D eigenvalue weighted by atomic mass is 32.2. The molecule has 0 heterocycles. The van der Waals surface area contributed by atoms with Gasteiger partial charge in [0.25, 0.3) is 0 Å². The Morgan fingerprint density at radius 2 is 0.615 bits per heavy atom. The summed E-state index contributed by atoms with van der Waals surface area (Å²) in [5.41, 5.74) is 0. The lowest BCUT2D eigenvalue weighted by molar-refractivity contribution is 0.660. The van der Waals surface area contributed by atoms with Crippen LogP contribution < -0.4 is 0 Å². The van der Waals surface area contributed by atoms with Crippen LogP contribution in [0.15, 0.2) is 0 Å². The first-order valence-corrected chi connectivity index (χ1v) is 6.34. The molecule has 0 fully saturated rings. The van der Waals surface area contributed by atoms with E-state index in [0.717, 1.165) is 0 Å². The Morgan fingerprint density at radius 3 is 0.615 bits per heavy atom. The van der Waals surface area contributed by atoms with Crippen molar-refractivity contribution in [1.82, 2.24) is 0 Å². The first-order chi connectivity index (χ1) is 5.37. The van der Waals surface area contributed by atoms with Gasteiger partial charge in [0.1, 0.15) is 14.2 Å². The van der Waals surface area contributed by atoms with Crippen LogP contribution in [0.4, 0.5) is 0 Å². The monoisotopic (exact) mass is 203 g/mol. The zero-order chi connectivity index (χ0) is 11.1.